The van der Waals surface area contributed by atoms with E-state index in [-0.39, 0.29) is 0 Å². The second-order valence-corrected chi connectivity index (χ2v) is 2.02. The van der Waals surface area contributed by atoms with Crippen molar-refractivity contribution in [3.63, 3.8) is 0 Å². The first-order valence-electron chi connectivity index (χ1n) is 4.07. The van der Waals surface area contributed by atoms with E-state index in [1.165, 1.54) is 0 Å². The first-order valence-corrected chi connectivity index (χ1v) is 2.99. The van der Waals surface area contributed by atoms with Gasteiger partial charge < -0.3 is 25.2 Å². The van der Waals surface area contributed by atoms with E-state index in [1.54, 1.807) is 0 Å². The maximum Gasteiger partial charge on any atom is 0.122 e. The van der Waals surface area contributed by atoms with Crippen LogP contribution < -0.4 is 0 Å². The van der Waals surface area contributed by atoms with Crippen LogP contribution in [0.4, 0.5) is 0 Å². The molecular formula is C6H12O5. The Morgan fingerprint density at radius 2 is 2.00 bits per heavy atom. The molecule has 4 atom stereocenters. The van der Waals surface area contributed by atoms with Gasteiger partial charge in [-0.15, -0.1) is 0 Å². The number of aliphatic hydroxyl groups is 4. The Labute approximate surface area is 66.7 Å². The van der Waals surface area contributed by atoms with Crippen LogP contribution in [0.5, 0.6) is 0 Å². The van der Waals surface area contributed by atoms with Gasteiger partial charge >= 0.3 is 0 Å². The molecule has 4 unspecified atom stereocenters. The van der Waals surface area contributed by atoms with Gasteiger partial charge in [-0.05, 0) is 0 Å². The molecule has 0 radical (unpaired) electrons. The highest BCUT2D eigenvalue weighted by Crippen LogP contribution is 2.01. The van der Waals surface area contributed by atoms with E-state index in [1.807, 2.05) is 0 Å². The zero-order valence-corrected chi connectivity index (χ0v) is 5.71. The predicted molar refractivity (Wildman–Crippen MR) is 35.8 cm³/mol. The number of carbonyl (C=O) groups is 1. The molecule has 0 heterocycles. The van der Waals surface area contributed by atoms with E-state index in [0.29, 0.717) is 0 Å². The van der Waals surface area contributed by atoms with Crippen molar-refractivity contribution in [1.29, 1.82) is 0 Å². The molecule has 0 amide bonds. The molecule has 11 heavy (non-hydrogen) atoms. The highest BCUT2D eigenvalue weighted by Gasteiger charge is 2.23. The Kier molecular flexibility index (Phi) is 3.39. The molecule has 0 aliphatic heterocycles. The van der Waals surface area contributed by atoms with Crippen molar-refractivity contribution >= 4 is 6.26 Å². The van der Waals surface area contributed by atoms with Gasteiger partial charge in [0.2, 0.25) is 0 Å². The van der Waals surface area contributed by atoms with Gasteiger partial charge in [-0.25, -0.2) is 0 Å². The molecule has 0 aliphatic carbocycles. The SMILES string of the molecule is [3H]C(=O)C([3H])C(O)C(O)C(O)CO. The Morgan fingerprint density at radius 1 is 1.45 bits per heavy atom. The van der Waals surface area contributed by atoms with Crippen LogP contribution in [0.2, 0.25) is 0 Å². The van der Waals surface area contributed by atoms with Gasteiger partial charge in [0.1, 0.15) is 19.8 Å². The third-order valence-electron chi connectivity index (χ3n) is 1.17. The normalized spacial score (nSPS) is 24.4. The van der Waals surface area contributed by atoms with Crippen molar-refractivity contribution < 1.29 is 28.0 Å². The second-order valence-electron chi connectivity index (χ2n) is 2.02. The second kappa shape index (κ2) is 5.20. The van der Waals surface area contributed by atoms with Gasteiger partial charge in [0.25, 0.3) is 0 Å². The van der Waals surface area contributed by atoms with E-state index in [0.717, 1.165) is 0 Å². The van der Waals surface area contributed by atoms with Gasteiger partial charge in [0, 0.05) is 7.77 Å². The van der Waals surface area contributed by atoms with Crippen molar-refractivity contribution in [2.45, 2.75) is 24.7 Å². The lowest BCUT2D eigenvalue weighted by Gasteiger charge is -2.19. The lowest BCUT2D eigenvalue weighted by Crippen LogP contribution is -2.39. The van der Waals surface area contributed by atoms with Crippen LogP contribution in [0, 0.1) is 0 Å². The number of hydrogen-bond acceptors (Lipinski definition) is 5. The summed E-state index contributed by atoms with van der Waals surface area (Å²) < 4.78 is 13.4. The van der Waals surface area contributed by atoms with Crippen LogP contribution in [-0.2, 0) is 4.79 Å². The van der Waals surface area contributed by atoms with E-state index in [4.69, 9.17) is 23.2 Å². The van der Waals surface area contributed by atoms with Crippen molar-refractivity contribution in [3.05, 3.63) is 0 Å². The molecule has 5 heteroatoms. The number of rotatable bonds is 5. The molecule has 66 valence electrons. The third-order valence-corrected chi connectivity index (χ3v) is 1.17. The average Bonchev–Trinajstić information content (AvgIpc) is 2.12. The van der Waals surface area contributed by atoms with Gasteiger partial charge in [0.15, 0.2) is 0 Å². The monoisotopic (exact) mass is 168 g/mol. The first kappa shape index (κ1) is 7.17. The molecule has 5 nitrogen and oxygen atoms in total. The van der Waals surface area contributed by atoms with Crippen LogP contribution in [-0.4, -0.2) is 51.6 Å². The molecule has 0 bridgehead atoms. The lowest BCUT2D eigenvalue weighted by molar-refractivity contribution is -0.115. The Bertz CT molecular complexity index is 176. The number of aldehydes is 1. The summed E-state index contributed by atoms with van der Waals surface area (Å²) in [5, 5.41) is 35.2. The summed E-state index contributed by atoms with van der Waals surface area (Å²) in [6, 6.07) is 0. The molecular weight excluding hydrogens is 152 g/mol. The quantitative estimate of drug-likeness (QED) is 0.344. The largest absolute Gasteiger partial charge is 0.394 e. The van der Waals surface area contributed by atoms with Crippen molar-refractivity contribution in [2.24, 2.45) is 0 Å². The zero-order valence-electron chi connectivity index (χ0n) is 7.71. The third kappa shape index (κ3) is 3.43. The number of aliphatic hydroxyl groups excluding tert-OH is 4. The smallest absolute Gasteiger partial charge is 0.122 e. The summed E-state index contributed by atoms with van der Waals surface area (Å²) in [6.45, 7) is -0.795. The zero-order chi connectivity index (χ0) is 10.6. The van der Waals surface area contributed by atoms with Crippen LogP contribution in [0.15, 0.2) is 0 Å². The fourth-order valence-electron chi connectivity index (χ4n) is 0.504. The molecule has 0 spiro atoms. The highest BCUT2D eigenvalue weighted by atomic mass is 16.4. The highest BCUT2D eigenvalue weighted by molar-refractivity contribution is 5.50. The Morgan fingerprint density at radius 3 is 2.36 bits per heavy atom. The van der Waals surface area contributed by atoms with Crippen LogP contribution in [0.1, 0.15) is 9.14 Å². The van der Waals surface area contributed by atoms with E-state index >= 15 is 0 Å². The van der Waals surface area contributed by atoms with Crippen LogP contribution in [0.25, 0.3) is 0 Å². The summed E-state index contributed by atoms with van der Waals surface area (Å²) in [5.74, 6) is 0. The topological polar surface area (TPSA) is 98.0 Å². The van der Waals surface area contributed by atoms with Gasteiger partial charge in [-0.2, -0.15) is 0 Å². The first-order chi connectivity index (χ1) is 5.91. The van der Waals surface area contributed by atoms with Crippen LogP contribution in [0.3, 0.4) is 0 Å². The maximum absolute atomic E-state index is 10.3. The maximum atomic E-state index is 10.3. The van der Waals surface area contributed by atoms with E-state index in [9.17, 15) is 4.79 Å². The number of hydrogen-bond donors (Lipinski definition) is 4. The predicted octanol–water partition coefficient (Wildman–Crippen LogP) is -2.35. The summed E-state index contributed by atoms with van der Waals surface area (Å²) >= 11 is 0. The summed E-state index contributed by atoms with van der Waals surface area (Å²) in [6.07, 6.45) is -8.50. The molecule has 0 rings (SSSR count). The molecule has 0 aromatic heterocycles. The molecule has 0 aliphatic rings. The molecule has 0 saturated heterocycles. The van der Waals surface area contributed by atoms with Crippen molar-refractivity contribution in [3.8, 4) is 0 Å². The fraction of sp³-hybridized carbons (Fsp3) is 0.833. The lowest BCUT2D eigenvalue weighted by atomic mass is 10.1. The minimum atomic E-state index is -1.87. The summed E-state index contributed by atoms with van der Waals surface area (Å²) in [5.41, 5.74) is 0. The Balaban J connectivity index is 4.24. The van der Waals surface area contributed by atoms with Crippen molar-refractivity contribution in [2.75, 3.05) is 6.61 Å². The summed E-state index contributed by atoms with van der Waals surface area (Å²) in [4.78, 5) is 10.3. The van der Waals surface area contributed by atoms with E-state index in [2.05, 4.69) is 0 Å². The van der Waals surface area contributed by atoms with E-state index < -0.39 is 37.6 Å². The van der Waals surface area contributed by atoms with Gasteiger partial charge in [-0.1, -0.05) is 0 Å². The summed E-state index contributed by atoms with van der Waals surface area (Å²) in [7, 11) is 0. The molecule has 0 aromatic rings. The standard InChI is InChI=1S/C6H12O5/c7-2-1-4(9)6(11)5(10)3-8/h2,4-6,8-11H,1,3H2/i1T,2T. The van der Waals surface area contributed by atoms with Crippen LogP contribution >= 0.6 is 0 Å². The molecule has 0 aromatic carbocycles. The molecule has 0 fully saturated rings. The fourth-order valence-corrected chi connectivity index (χ4v) is 0.504. The average molecular weight is 168 g/mol. The number of carbonyl (C=O) groups excluding carboxylic acids is 1. The van der Waals surface area contributed by atoms with Crippen molar-refractivity contribution in [1.82, 2.24) is 0 Å². The minimum Gasteiger partial charge on any atom is -0.394 e. The van der Waals surface area contributed by atoms with Gasteiger partial charge in [-0.3, -0.25) is 0 Å². The van der Waals surface area contributed by atoms with Gasteiger partial charge in [0.05, 0.1) is 12.7 Å². The Hall–Kier alpha value is -0.490. The molecule has 0 saturated carbocycles. The minimum absolute atomic E-state index is 0.795. The molecule has 4 N–H and O–H groups in total.